The molecule has 0 aliphatic rings. The summed E-state index contributed by atoms with van der Waals surface area (Å²) < 4.78 is 0. The molecule has 0 saturated heterocycles. The minimum atomic E-state index is -0.536. The lowest BCUT2D eigenvalue weighted by Crippen LogP contribution is -2.22. The van der Waals surface area contributed by atoms with E-state index in [1.165, 1.54) is 30.1 Å². The minimum Gasteiger partial charge on any atom is -0.379 e. The largest absolute Gasteiger partial charge is 0.379 e. The van der Waals surface area contributed by atoms with E-state index in [1.54, 1.807) is 14.1 Å². The van der Waals surface area contributed by atoms with Gasteiger partial charge in [-0.3, -0.25) is 19.7 Å². The van der Waals surface area contributed by atoms with E-state index in [2.05, 4.69) is 10.6 Å². The number of carbonyl (C=O) groups excluding carboxylic acids is 2. The van der Waals surface area contributed by atoms with E-state index in [9.17, 15) is 19.7 Å². The third-order valence-corrected chi connectivity index (χ3v) is 2.79. The molecule has 0 saturated carbocycles. The number of nitro benzene ring substituents is 1. The van der Waals surface area contributed by atoms with Crippen molar-refractivity contribution in [2.45, 2.75) is 6.42 Å². The number of rotatable bonds is 6. The summed E-state index contributed by atoms with van der Waals surface area (Å²) in [5.41, 5.74) is 0.423. The van der Waals surface area contributed by atoms with Gasteiger partial charge in [-0.25, -0.2) is 0 Å². The summed E-state index contributed by atoms with van der Waals surface area (Å²) in [6.07, 6.45) is 0.180. The first-order chi connectivity index (χ1) is 9.86. The molecule has 0 spiro atoms. The van der Waals surface area contributed by atoms with E-state index >= 15 is 0 Å². The molecule has 0 radical (unpaired) electrons. The van der Waals surface area contributed by atoms with Gasteiger partial charge in [0.05, 0.1) is 4.92 Å². The zero-order valence-electron chi connectivity index (χ0n) is 12.2. The van der Waals surface area contributed by atoms with Crippen LogP contribution in [0.4, 0.5) is 11.4 Å². The monoisotopic (exact) mass is 294 g/mol. The van der Waals surface area contributed by atoms with Gasteiger partial charge in [0.1, 0.15) is 5.69 Å². The molecule has 0 atom stereocenters. The van der Waals surface area contributed by atoms with Crippen molar-refractivity contribution in [3.8, 4) is 0 Å². The normalized spacial score (nSPS) is 9.86. The number of nitrogens with zero attached hydrogens (tertiary/aromatic N) is 2. The highest BCUT2D eigenvalue weighted by molar-refractivity contribution is 5.95. The Balaban J connectivity index is 2.96. The number of amides is 2. The smallest absolute Gasteiger partial charge is 0.292 e. The summed E-state index contributed by atoms with van der Waals surface area (Å²) in [6, 6.07) is 4.10. The molecule has 1 aromatic carbocycles. The maximum absolute atomic E-state index is 11.9. The molecule has 0 bridgehead atoms. The predicted molar refractivity (Wildman–Crippen MR) is 78.3 cm³/mol. The zero-order chi connectivity index (χ0) is 16.0. The van der Waals surface area contributed by atoms with Gasteiger partial charge in [-0.15, -0.1) is 0 Å². The van der Waals surface area contributed by atoms with Crippen molar-refractivity contribution in [2.24, 2.45) is 0 Å². The average Bonchev–Trinajstić information content (AvgIpc) is 2.45. The van der Waals surface area contributed by atoms with E-state index in [0.29, 0.717) is 5.56 Å². The molecule has 0 aromatic heterocycles. The third-order valence-electron chi connectivity index (χ3n) is 2.79. The first kappa shape index (κ1) is 16.4. The first-order valence-electron chi connectivity index (χ1n) is 6.31. The summed E-state index contributed by atoms with van der Waals surface area (Å²) in [7, 11) is 4.71. The number of hydrogen-bond acceptors (Lipinski definition) is 5. The lowest BCUT2D eigenvalue weighted by molar-refractivity contribution is -0.384. The van der Waals surface area contributed by atoms with Crippen molar-refractivity contribution < 1.29 is 14.5 Å². The van der Waals surface area contributed by atoms with E-state index < -0.39 is 4.92 Å². The van der Waals surface area contributed by atoms with Gasteiger partial charge in [-0.2, -0.15) is 0 Å². The lowest BCUT2D eigenvalue weighted by atomic mass is 10.1. The summed E-state index contributed by atoms with van der Waals surface area (Å²) in [5.74, 6) is -0.426. The van der Waals surface area contributed by atoms with Crippen molar-refractivity contribution in [2.75, 3.05) is 33.0 Å². The molecule has 0 unspecified atom stereocenters. The highest BCUT2D eigenvalue weighted by Gasteiger charge is 2.17. The maximum Gasteiger partial charge on any atom is 0.292 e. The maximum atomic E-state index is 11.9. The van der Waals surface area contributed by atoms with Crippen LogP contribution < -0.4 is 10.6 Å². The standard InChI is InChI=1S/C13H18N4O4/c1-14-12(18)6-7-15-10-8-9(13(19)16(2)3)4-5-11(10)17(20)21/h4-5,8,15H,6-7H2,1-3H3,(H,14,18). The fraction of sp³-hybridized carbons (Fsp3) is 0.385. The average molecular weight is 294 g/mol. The minimum absolute atomic E-state index is 0.137. The zero-order valence-corrected chi connectivity index (χ0v) is 12.2. The predicted octanol–water partition coefficient (Wildman–Crippen LogP) is 0.845. The SMILES string of the molecule is CNC(=O)CCNc1cc(C(=O)N(C)C)ccc1[N+](=O)[O-]. The Morgan fingerprint density at radius 2 is 2.00 bits per heavy atom. The Kier molecular flexibility index (Phi) is 5.65. The fourth-order valence-electron chi connectivity index (χ4n) is 1.66. The molecule has 21 heavy (non-hydrogen) atoms. The van der Waals surface area contributed by atoms with Gasteiger partial charge in [-0.1, -0.05) is 0 Å². The number of hydrogen-bond donors (Lipinski definition) is 2. The van der Waals surface area contributed by atoms with Gasteiger partial charge in [0.2, 0.25) is 5.91 Å². The Morgan fingerprint density at radius 1 is 1.33 bits per heavy atom. The van der Waals surface area contributed by atoms with Crippen molar-refractivity contribution in [1.29, 1.82) is 0 Å². The van der Waals surface area contributed by atoms with Crippen LogP contribution in [0.25, 0.3) is 0 Å². The van der Waals surface area contributed by atoms with Crippen molar-refractivity contribution in [3.05, 3.63) is 33.9 Å². The molecule has 8 nitrogen and oxygen atoms in total. The van der Waals surface area contributed by atoms with Gasteiger partial charge in [0.15, 0.2) is 0 Å². The van der Waals surface area contributed by atoms with Crippen LogP contribution in [0.5, 0.6) is 0 Å². The quantitative estimate of drug-likeness (QED) is 0.597. The van der Waals surface area contributed by atoms with Gasteiger partial charge < -0.3 is 15.5 Å². The summed E-state index contributed by atoms with van der Waals surface area (Å²) in [4.78, 5) is 34.8. The molecule has 1 aromatic rings. The van der Waals surface area contributed by atoms with Crippen LogP contribution in [-0.4, -0.2) is 49.3 Å². The second kappa shape index (κ2) is 7.22. The first-order valence-corrected chi connectivity index (χ1v) is 6.31. The molecular weight excluding hydrogens is 276 g/mol. The second-order valence-corrected chi connectivity index (χ2v) is 4.54. The fourth-order valence-corrected chi connectivity index (χ4v) is 1.66. The van der Waals surface area contributed by atoms with Gasteiger partial charge in [0.25, 0.3) is 11.6 Å². The van der Waals surface area contributed by atoms with Crippen molar-refractivity contribution in [3.63, 3.8) is 0 Å². The summed E-state index contributed by atoms with van der Waals surface area (Å²) in [6.45, 7) is 0.236. The van der Waals surface area contributed by atoms with Crippen LogP contribution in [0, 0.1) is 10.1 Å². The molecule has 2 amide bonds. The van der Waals surface area contributed by atoms with E-state index in [4.69, 9.17) is 0 Å². The molecule has 0 heterocycles. The number of nitro groups is 1. The van der Waals surface area contributed by atoms with Crippen molar-refractivity contribution >= 4 is 23.2 Å². The van der Waals surface area contributed by atoms with Gasteiger partial charge >= 0.3 is 0 Å². The molecule has 0 fully saturated rings. The lowest BCUT2D eigenvalue weighted by Gasteiger charge is -2.12. The highest BCUT2D eigenvalue weighted by Crippen LogP contribution is 2.25. The molecular formula is C13H18N4O4. The Bertz CT molecular complexity index is 557. The number of carbonyl (C=O) groups is 2. The molecule has 114 valence electrons. The number of nitrogens with one attached hydrogen (secondary N) is 2. The van der Waals surface area contributed by atoms with Crippen LogP contribution in [-0.2, 0) is 4.79 Å². The highest BCUT2D eigenvalue weighted by atomic mass is 16.6. The topological polar surface area (TPSA) is 105 Å². The van der Waals surface area contributed by atoms with Gasteiger partial charge in [-0.05, 0) is 12.1 Å². The third kappa shape index (κ3) is 4.44. The Hall–Kier alpha value is -2.64. The molecule has 0 aliphatic heterocycles. The van der Waals surface area contributed by atoms with Crippen LogP contribution in [0.15, 0.2) is 18.2 Å². The van der Waals surface area contributed by atoms with Crippen molar-refractivity contribution in [1.82, 2.24) is 10.2 Å². The Morgan fingerprint density at radius 3 is 2.52 bits per heavy atom. The molecule has 0 aliphatic carbocycles. The molecule has 2 N–H and O–H groups in total. The van der Waals surface area contributed by atoms with E-state index in [-0.39, 0.29) is 36.2 Å². The van der Waals surface area contributed by atoms with E-state index in [1.807, 2.05) is 0 Å². The van der Waals surface area contributed by atoms with Crippen LogP contribution >= 0.6 is 0 Å². The summed E-state index contributed by atoms with van der Waals surface area (Å²) >= 11 is 0. The molecule has 8 heteroatoms. The summed E-state index contributed by atoms with van der Waals surface area (Å²) in [5, 5.41) is 16.3. The second-order valence-electron chi connectivity index (χ2n) is 4.54. The van der Waals surface area contributed by atoms with Gasteiger partial charge in [0, 0.05) is 45.7 Å². The van der Waals surface area contributed by atoms with Crippen LogP contribution in [0.2, 0.25) is 0 Å². The van der Waals surface area contributed by atoms with Crippen LogP contribution in [0.1, 0.15) is 16.8 Å². The number of anilines is 1. The van der Waals surface area contributed by atoms with E-state index in [0.717, 1.165) is 0 Å². The molecule has 1 rings (SSSR count). The number of benzene rings is 1. The Labute approximate surface area is 122 Å². The van der Waals surface area contributed by atoms with Crippen LogP contribution in [0.3, 0.4) is 0 Å².